The predicted molar refractivity (Wildman–Crippen MR) is 63.2 cm³/mol. The van der Waals surface area contributed by atoms with Crippen LogP contribution in [0.15, 0.2) is 24.3 Å². The smallest absolute Gasteiger partial charge is 0.239 e. The Balaban J connectivity index is 2.40. The van der Waals surface area contributed by atoms with Gasteiger partial charge in [0.05, 0.1) is 6.54 Å². The first-order valence-corrected chi connectivity index (χ1v) is 5.24. The van der Waals surface area contributed by atoms with Gasteiger partial charge in [-0.3, -0.25) is 4.79 Å². The van der Waals surface area contributed by atoms with Gasteiger partial charge >= 0.3 is 0 Å². The van der Waals surface area contributed by atoms with Gasteiger partial charge in [-0.05, 0) is 32.0 Å². The third kappa shape index (κ3) is 4.70. The summed E-state index contributed by atoms with van der Waals surface area (Å²) in [6.07, 6.45) is 0. The molecule has 0 bridgehead atoms. The number of nitrogens with one attached hydrogen (secondary N) is 2. The second-order valence-electron chi connectivity index (χ2n) is 3.59. The van der Waals surface area contributed by atoms with Crippen LogP contribution in [0.4, 0.5) is 5.69 Å². The topological polar surface area (TPSA) is 41.1 Å². The highest BCUT2D eigenvalue weighted by atomic mass is 35.5. The van der Waals surface area contributed by atoms with E-state index in [-0.39, 0.29) is 18.5 Å². The molecule has 2 N–H and O–H groups in total. The number of hydrogen-bond acceptors (Lipinski definition) is 2. The van der Waals surface area contributed by atoms with Crippen molar-refractivity contribution in [1.82, 2.24) is 5.32 Å². The van der Waals surface area contributed by atoms with Crippen LogP contribution in [0.1, 0.15) is 13.8 Å². The Morgan fingerprint density at radius 1 is 1.47 bits per heavy atom. The highest BCUT2D eigenvalue weighted by Crippen LogP contribution is 2.14. The predicted octanol–water partition coefficient (Wildman–Crippen LogP) is 2.28. The van der Waals surface area contributed by atoms with Crippen LogP contribution in [-0.2, 0) is 4.79 Å². The highest BCUT2D eigenvalue weighted by Gasteiger charge is 2.02. The molecule has 0 aromatic heterocycles. The van der Waals surface area contributed by atoms with Crippen LogP contribution in [0.3, 0.4) is 0 Å². The number of rotatable bonds is 4. The fourth-order valence-corrected chi connectivity index (χ4v) is 1.34. The molecule has 82 valence electrons. The van der Waals surface area contributed by atoms with Crippen LogP contribution in [0.2, 0.25) is 5.02 Å². The molecule has 0 aliphatic heterocycles. The molecule has 0 spiro atoms. The van der Waals surface area contributed by atoms with Crippen LogP contribution >= 0.6 is 11.6 Å². The minimum absolute atomic E-state index is 0.0232. The third-order valence-electron chi connectivity index (χ3n) is 1.73. The number of amides is 1. The molecule has 1 amide bonds. The van der Waals surface area contributed by atoms with Crippen LogP contribution in [0.5, 0.6) is 0 Å². The van der Waals surface area contributed by atoms with Gasteiger partial charge in [0.25, 0.3) is 0 Å². The van der Waals surface area contributed by atoms with Crippen molar-refractivity contribution >= 4 is 23.2 Å². The number of carbonyl (C=O) groups excluding carboxylic acids is 1. The summed E-state index contributed by atoms with van der Waals surface area (Å²) in [6, 6.07) is 7.45. The molecule has 15 heavy (non-hydrogen) atoms. The van der Waals surface area contributed by atoms with Crippen molar-refractivity contribution in [3.8, 4) is 0 Å². The van der Waals surface area contributed by atoms with Gasteiger partial charge < -0.3 is 10.6 Å². The van der Waals surface area contributed by atoms with E-state index in [9.17, 15) is 4.79 Å². The number of halogens is 1. The van der Waals surface area contributed by atoms with Crippen LogP contribution in [0.25, 0.3) is 0 Å². The van der Waals surface area contributed by atoms with Gasteiger partial charge in [0.1, 0.15) is 0 Å². The van der Waals surface area contributed by atoms with Gasteiger partial charge in [0.2, 0.25) is 5.91 Å². The highest BCUT2D eigenvalue weighted by molar-refractivity contribution is 6.30. The fourth-order valence-electron chi connectivity index (χ4n) is 1.15. The minimum atomic E-state index is -0.0232. The summed E-state index contributed by atoms with van der Waals surface area (Å²) in [7, 11) is 0. The van der Waals surface area contributed by atoms with Crippen LogP contribution < -0.4 is 10.6 Å². The Morgan fingerprint density at radius 2 is 2.20 bits per heavy atom. The number of anilines is 1. The third-order valence-corrected chi connectivity index (χ3v) is 1.96. The first-order valence-electron chi connectivity index (χ1n) is 4.86. The summed E-state index contributed by atoms with van der Waals surface area (Å²) in [5.41, 5.74) is 0.849. The van der Waals surface area contributed by atoms with E-state index in [1.807, 2.05) is 26.0 Å². The summed E-state index contributed by atoms with van der Waals surface area (Å²) in [6.45, 7) is 4.12. The molecular formula is C11H15ClN2O. The molecule has 4 heteroatoms. The summed E-state index contributed by atoms with van der Waals surface area (Å²) < 4.78 is 0. The standard InChI is InChI=1S/C11H15ClN2O/c1-8(2)14-11(15)7-13-10-5-3-4-9(12)6-10/h3-6,8,13H,7H2,1-2H3,(H,14,15). The van der Waals surface area contributed by atoms with E-state index in [1.54, 1.807) is 12.1 Å². The van der Waals surface area contributed by atoms with Crippen molar-refractivity contribution in [3.63, 3.8) is 0 Å². The van der Waals surface area contributed by atoms with E-state index in [4.69, 9.17) is 11.6 Å². The van der Waals surface area contributed by atoms with Gasteiger partial charge in [-0.15, -0.1) is 0 Å². The SMILES string of the molecule is CC(C)NC(=O)CNc1cccc(Cl)c1. The quantitative estimate of drug-likeness (QED) is 0.827. The molecule has 1 aromatic rings. The molecular weight excluding hydrogens is 212 g/mol. The molecule has 0 heterocycles. The van der Waals surface area contributed by atoms with Crippen LogP contribution in [-0.4, -0.2) is 18.5 Å². The van der Waals surface area contributed by atoms with Gasteiger partial charge in [0, 0.05) is 16.8 Å². The lowest BCUT2D eigenvalue weighted by molar-refractivity contribution is -0.119. The van der Waals surface area contributed by atoms with Gasteiger partial charge in [0.15, 0.2) is 0 Å². The summed E-state index contributed by atoms with van der Waals surface area (Å²) in [5, 5.41) is 6.44. The zero-order valence-electron chi connectivity index (χ0n) is 8.88. The second kappa shape index (κ2) is 5.61. The maximum Gasteiger partial charge on any atom is 0.239 e. The average molecular weight is 227 g/mol. The van der Waals surface area contributed by atoms with E-state index < -0.39 is 0 Å². The first kappa shape index (κ1) is 11.9. The van der Waals surface area contributed by atoms with Gasteiger partial charge in [-0.25, -0.2) is 0 Å². The summed E-state index contributed by atoms with van der Waals surface area (Å²) in [4.78, 5) is 11.3. The molecule has 3 nitrogen and oxygen atoms in total. The molecule has 1 aromatic carbocycles. The summed E-state index contributed by atoms with van der Waals surface area (Å²) in [5.74, 6) is -0.0232. The lowest BCUT2D eigenvalue weighted by Crippen LogP contribution is -2.34. The lowest BCUT2D eigenvalue weighted by Gasteiger charge is -2.10. The van der Waals surface area contributed by atoms with Crippen molar-refractivity contribution in [2.75, 3.05) is 11.9 Å². The molecule has 0 radical (unpaired) electrons. The summed E-state index contributed by atoms with van der Waals surface area (Å²) >= 11 is 5.80. The maximum atomic E-state index is 11.3. The number of hydrogen-bond donors (Lipinski definition) is 2. The largest absolute Gasteiger partial charge is 0.376 e. The molecule has 1 rings (SSSR count). The second-order valence-corrected chi connectivity index (χ2v) is 4.02. The Labute approximate surface area is 94.8 Å². The average Bonchev–Trinajstić information content (AvgIpc) is 2.14. The minimum Gasteiger partial charge on any atom is -0.376 e. The molecule has 0 aliphatic rings. The van der Waals surface area contributed by atoms with Gasteiger partial charge in [-0.2, -0.15) is 0 Å². The molecule has 0 aliphatic carbocycles. The lowest BCUT2D eigenvalue weighted by atomic mass is 10.3. The van der Waals surface area contributed by atoms with E-state index in [0.29, 0.717) is 5.02 Å². The van der Waals surface area contributed by atoms with Crippen molar-refractivity contribution in [3.05, 3.63) is 29.3 Å². The number of carbonyl (C=O) groups is 1. The molecule has 0 saturated carbocycles. The van der Waals surface area contributed by atoms with E-state index in [1.165, 1.54) is 0 Å². The Bertz CT molecular complexity index is 339. The first-order chi connectivity index (χ1) is 7.08. The molecule has 0 saturated heterocycles. The van der Waals surface area contributed by atoms with E-state index in [2.05, 4.69) is 10.6 Å². The fraction of sp³-hybridized carbons (Fsp3) is 0.364. The normalized spacial score (nSPS) is 10.1. The van der Waals surface area contributed by atoms with Crippen molar-refractivity contribution in [2.24, 2.45) is 0 Å². The monoisotopic (exact) mass is 226 g/mol. The van der Waals surface area contributed by atoms with Crippen LogP contribution in [0, 0.1) is 0 Å². The Morgan fingerprint density at radius 3 is 2.80 bits per heavy atom. The molecule has 0 fully saturated rings. The number of benzene rings is 1. The van der Waals surface area contributed by atoms with Crippen molar-refractivity contribution in [2.45, 2.75) is 19.9 Å². The van der Waals surface area contributed by atoms with E-state index in [0.717, 1.165) is 5.69 Å². The van der Waals surface area contributed by atoms with E-state index >= 15 is 0 Å². The van der Waals surface area contributed by atoms with Crippen molar-refractivity contribution in [1.29, 1.82) is 0 Å². The van der Waals surface area contributed by atoms with Gasteiger partial charge in [-0.1, -0.05) is 17.7 Å². The zero-order chi connectivity index (χ0) is 11.3. The maximum absolute atomic E-state index is 11.3. The molecule has 0 atom stereocenters. The molecule has 0 unspecified atom stereocenters. The Kier molecular flexibility index (Phi) is 4.43. The zero-order valence-corrected chi connectivity index (χ0v) is 9.64. The Hall–Kier alpha value is -1.22. The van der Waals surface area contributed by atoms with Crippen molar-refractivity contribution < 1.29 is 4.79 Å².